The topological polar surface area (TPSA) is 79.4 Å². The molecule has 0 unspecified atom stereocenters. The van der Waals surface area contributed by atoms with Crippen molar-refractivity contribution in [2.45, 2.75) is 25.8 Å². The van der Waals surface area contributed by atoms with Crippen molar-refractivity contribution in [3.8, 4) is 0 Å². The molecule has 1 aromatic carbocycles. The Morgan fingerprint density at radius 2 is 1.96 bits per heavy atom. The van der Waals surface area contributed by atoms with Crippen LogP contribution in [0.2, 0.25) is 0 Å². The van der Waals surface area contributed by atoms with E-state index in [0.29, 0.717) is 48.1 Å². The monoisotopic (exact) mass is 365 g/mol. The molecule has 1 fully saturated rings. The second-order valence-corrected chi connectivity index (χ2v) is 8.35. The molecule has 6 nitrogen and oxygen atoms in total. The van der Waals surface area contributed by atoms with Crippen LogP contribution in [0.1, 0.15) is 28.9 Å². The zero-order valence-electron chi connectivity index (χ0n) is 14.1. The van der Waals surface area contributed by atoms with Crippen molar-refractivity contribution in [1.29, 1.82) is 0 Å². The Hall–Kier alpha value is -2.06. The number of pyridine rings is 1. The number of rotatable bonds is 3. The first-order chi connectivity index (χ1) is 11.7. The number of sulfonamides is 1. The summed E-state index contributed by atoms with van der Waals surface area (Å²) < 4.78 is 37.8. The Balaban J connectivity index is 1.73. The van der Waals surface area contributed by atoms with Crippen LogP contribution in [0.15, 0.2) is 24.3 Å². The zero-order valence-corrected chi connectivity index (χ0v) is 14.9. The highest BCUT2D eigenvalue weighted by Crippen LogP contribution is 2.19. The predicted octanol–water partition coefficient (Wildman–Crippen LogP) is 1.84. The summed E-state index contributed by atoms with van der Waals surface area (Å²) in [6.45, 7) is 2.52. The molecular weight excluding hydrogens is 345 g/mol. The smallest absolute Gasteiger partial charge is 0.253 e. The van der Waals surface area contributed by atoms with E-state index in [9.17, 15) is 17.6 Å². The number of aryl methyl sites for hydroxylation is 1. The number of piperidine rings is 1. The molecule has 1 saturated heterocycles. The summed E-state index contributed by atoms with van der Waals surface area (Å²) in [5.41, 5.74) is 1.49. The Bertz CT molecular complexity index is 922. The first-order valence-electron chi connectivity index (χ1n) is 8.07. The highest BCUT2D eigenvalue weighted by molar-refractivity contribution is 7.88. The molecule has 8 heteroatoms. The number of hydrogen-bond donors (Lipinski definition) is 1. The largest absolute Gasteiger partial charge is 0.349 e. The molecule has 0 aliphatic carbocycles. The van der Waals surface area contributed by atoms with Crippen molar-refractivity contribution >= 4 is 26.8 Å². The molecule has 1 aliphatic heterocycles. The van der Waals surface area contributed by atoms with Gasteiger partial charge in [-0.3, -0.25) is 9.78 Å². The van der Waals surface area contributed by atoms with Gasteiger partial charge < -0.3 is 5.32 Å². The van der Waals surface area contributed by atoms with Gasteiger partial charge in [-0.25, -0.2) is 17.1 Å². The van der Waals surface area contributed by atoms with Crippen LogP contribution < -0.4 is 5.32 Å². The molecule has 0 saturated carbocycles. The van der Waals surface area contributed by atoms with E-state index in [-0.39, 0.29) is 17.8 Å². The normalized spacial score (nSPS) is 16.9. The maximum atomic E-state index is 13.3. The van der Waals surface area contributed by atoms with Gasteiger partial charge in [0.2, 0.25) is 10.0 Å². The number of benzene rings is 1. The van der Waals surface area contributed by atoms with Gasteiger partial charge >= 0.3 is 0 Å². The molecule has 1 aromatic heterocycles. The van der Waals surface area contributed by atoms with Gasteiger partial charge in [0.1, 0.15) is 5.82 Å². The minimum atomic E-state index is -3.18. The van der Waals surface area contributed by atoms with E-state index in [1.165, 1.54) is 22.7 Å². The molecule has 1 aliphatic rings. The van der Waals surface area contributed by atoms with Crippen molar-refractivity contribution in [2.24, 2.45) is 0 Å². The standard InChI is InChI=1S/C17H20FN3O3S/c1-11-15(9-12-3-4-13(18)10-16(12)19-11)17(22)20-14-5-7-21(8-6-14)25(2,23)24/h3-4,9-10,14H,5-8H2,1-2H3,(H,20,22). The van der Waals surface area contributed by atoms with Gasteiger partial charge in [0.05, 0.1) is 23.0 Å². The van der Waals surface area contributed by atoms with Gasteiger partial charge in [0.15, 0.2) is 0 Å². The Kier molecular flexibility index (Phi) is 4.75. The Labute approximate surface area is 146 Å². The predicted molar refractivity (Wildman–Crippen MR) is 93.3 cm³/mol. The van der Waals surface area contributed by atoms with E-state index in [4.69, 9.17) is 0 Å². The summed E-state index contributed by atoms with van der Waals surface area (Å²) in [6.07, 6.45) is 2.34. The Morgan fingerprint density at radius 3 is 2.60 bits per heavy atom. The number of carbonyl (C=O) groups is 1. The second kappa shape index (κ2) is 6.68. The number of carbonyl (C=O) groups excluding carboxylic acids is 1. The zero-order chi connectivity index (χ0) is 18.2. The second-order valence-electron chi connectivity index (χ2n) is 6.37. The average molecular weight is 365 g/mol. The number of hydrogen-bond acceptors (Lipinski definition) is 4. The summed E-state index contributed by atoms with van der Waals surface area (Å²) in [6, 6.07) is 5.90. The van der Waals surface area contributed by atoms with Crippen molar-refractivity contribution in [3.05, 3.63) is 41.3 Å². The highest BCUT2D eigenvalue weighted by Gasteiger charge is 2.26. The minimum absolute atomic E-state index is 0.0752. The van der Waals surface area contributed by atoms with Crippen LogP contribution in [0.3, 0.4) is 0 Å². The molecule has 0 spiro atoms. The summed E-state index contributed by atoms with van der Waals surface area (Å²) >= 11 is 0. The van der Waals surface area contributed by atoms with Crippen LogP contribution in [0.4, 0.5) is 4.39 Å². The van der Waals surface area contributed by atoms with E-state index in [1.54, 1.807) is 19.1 Å². The van der Waals surface area contributed by atoms with Crippen molar-refractivity contribution < 1.29 is 17.6 Å². The van der Waals surface area contributed by atoms with Crippen LogP contribution in [0, 0.1) is 12.7 Å². The van der Waals surface area contributed by atoms with Crippen LogP contribution in [0.25, 0.3) is 10.9 Å². The van der Waals surface area contributed by atoms with Crippen molar-refractivity contribution in [3.63, 3.8) is 0 Å². The van der Waals surface area contributed by atoms with Gasteiger partial charge in [-0.05, 0) is 38.0 Å². The van der Waals surface area contributed by atoms with Gasteiger partial charge in [0, 0.05) is 30.6 Å². The van der Waals surface area contributed by atoms with Crippen molar-refractivity contribution in [2.75, 3.05) is 19.3 Å². The first kappa shape index (κ1) is 17.8. The molecule has 0 bridgehead atoms. The van der Waals surface area contributed by atoms with Gasteiger partial charge in [-0.1, -0.05) is 0 Å². The number of fused-ring (bicyclic) bond motifs is 1. The van der Waals surface area contributed by atoms with E-state index in [1.807, 2.05) is 0 Å². The van der Waals surface area contributed by atoms with E-state index >= 15 is 0 Å². The molecule has 25 heavy (non-hydrogen) atoms. The molecular formula is C17H20FN3O3S. The lowest BCUT2D eigenvalue weighted by atomic mass is 10.0. The van der Waals surface area contributed by atoms with Crippen LogP contribution >= 0.6 is 0 Å². The lowest BCUT2D eigenvalue weighted by Gasteiger charge is -2.30. The summed E-state index contributed by atoms with van der Waals surface area (Å²) in [5, 5.41) is 3.65. The van der Waals surface area contributed by atoms with Crippen molar-refractivity contribution in [1.82, 2.24) is 14.6 Å². The van der Waals surface area contributed by atoms with Crippen LogP contribution in [-0.2, 0) is 10.0 Å². The van der Waals surface area contributed by atoms with E-state index < -0.39 is 10.0 Å². The minimum Gasteiger partial charge on any atom is -0.349 e. The maximum absolute atomic E-state index is 13.3. The molecule has 1 N–H and O–H groups in total. The highest BCUT2D eigenvalue weighted by atomic mass is 32.2. The quantitative estimate of drug-likeness (QED) is 0.900. The first-order valence-corrected chi connectivity index (χ1v) is 9.92. The average Bonchev–Trinajstić information content (AvgIpc) is 2.53. The molecule has 3 rings (SSSR count). The van der Waals surface area contributed by atoms with E-state index in [2.05, 4.69) is 10.3 Å². The summed E-state index contributed by atoms with van der Waals surface area (Å²) in [5.74, 6) is -0.608. The molecule has 2 aromatic rings. The lowest BCUT2D eigenvalue weighted by Crippen LogP contribution is -2.46. The lowest BCUT2D eigenvalue weighted by molar-refractivity contribution is 0.0923. The van der Waals surface area contributed by atoms with Gasteiger partial charge in [-0.15, -0.1) is 0 Å². The van der Waals surface area contributed by atoms with Gasteiger partial charge in [0.25, 0.3) is 5.91 Å². The van der Waals surface area contributed by atoms with Crippen LogP contribution in [-0.4, -0.2) is 49.0 Å². The fourth-order valence-electron chi connectivity index (χ4n) is 3.06. The summed E-state index contributed by atoms with van der Waals surface area (Å²) in [7, 11) is -3.18. The fourth-order valence-corrected chi connectivity index (χ4v) is 3.94. The fraction of sp³-hybridized carbons (Fsp3) is 0.412. The molecule has 0 radical (unpaired) electrons. The van der Waals surface area contributed by atoms with Gasteiger partial charge in [-0.2, -0.15) is 0 Å². The number of halogens is 1. The maximum Gasteiger partial charge on any atom is 0.253 e. The SMILES string of the molecule is Cc1nc2cc(F)ccc2cc1C(=O)NC1CCN(S(C)(=O)=O)CC1. The molecule has 2 heterocycles. The number of aromatic nitrogens is 1. The van der Waals surface area contributed by atoms with E-state index in [0.717, 1.165) is 0 Å². The molecule has 1 amide bonds. The third kappa shape index (κ3) is 3.96. The number of nitrogens with zero attached hydrogens (tertiary/aromatic N) is 2. The Morgan fingerprint density at radius 1 is 1.28 bits per heavy atom. The third-order valence-electron chi connectivity index (χ3n) is 4.47. The summed E-state index contributed by atoms with van der Waals surface area (Å²) in [4.78, 5) is 16.9. The number of amides is 1. The number of nitrogens with one attached hydrogen (secondary N) is 1. The molecule has 134 valence electrons. The molecule has 0 atom stereocenters. The third-order valence-corrected chi connectivity index (χ3v) is 5.78. The van der Waals surface area contributed by atoms with Crippen LogP contribution in [0.5, 0.6) is 0 Å².